The Morgan fingerprint density at radius 3 is 0.428 bits per heavy atom. The van der Waals surface area contributed by atoms with E-state index in [9.17, 15) is 28.8 Å². The molecule has 0 atom stereocenters. The minimum Gasteiger partial charge on any atom is -0.494 e. The summed E-state index contributed by atoms with van der Waals surface area (Å²) in [6, 6.07) is 51.0. The molecule has 0 aliphatic heterocycles. The first-order chi connectivity index (χ1) is 67.1. The van der Waals surface area contributed by atoms with Gasteiger partial charge in [0.1, 0.15) is 34.5 Å². The van der Waals surface area contributed by atoms with Gasteiger partial charge in [0, 0.05) is 69.8 Å². The highest BCUT2D eigenvalue weighted by molar-refractivity contribution is 6.33. The first-order valence-corrected chi connectivity index (χ1v) is 45.2. The van der Waals surface area contributed by atoms with Crippen molar-refractivity contribution in [1.82, 2.24) is 0 Å². The van der Waals surface area contributed by atoms with Crippen molar-refractivity contribution in [3.63, 3.8) is 0 Å². The second-order valence-corrected chi connectivity index (χ2v) is 31.0. The number of unbranched alkanes of at least 4 members (excludes halogenated alkanes) is 6. The van der Waals surface area contributed by atoms with Crippen molar-refractivity contribution in [3.8, 4) is 34.5 Å². The molecule has 708 valence electrons. The Bertz CT molecular complexity index is 5230. The van der Waals surface area contributed by atoms with E-state index in [0.717, 1.165) is 36.5 Å². The van der Waals surface area contributed by atoms with Crippen molar-refractivity contribution in [2.75, 3.05) is 79.3 Å². The molecule has 0 amide bonds. The van der Waals surface area contributed by atoms with Crippen LogP contribution < -0.4 is 28.4 Å². The van der Waals surface area contributed by atoms with Gasteiger partial charge in [-0.2, -0.15) is 0 Å². The van der Waals surface area contributed by atoms with Crippen LogP contribution in [0.25, 0.3) is 68.8 Å². The van der Waals surface area contributed by atoms with Crippen LogP contribution in [0.15, 0.2) is 294 Å². The van der Waals surface area contributed by atoms with Crippen LogP contribution in [0, 0.1) is 0 Å². The molecule has 0 radical (unpaired) electrons. The van der Waals surface area contributed by atoms with Gasteiger partial charge in [-0.15, -0.1) is 0 Å². The number of carbonyl (C=O) groups is 12. The predicted octanol–water partition coefficient (Wildman–Crippen LogP) is 21.9. The molecule has 0 aromatic heterocycles. The molecule has 0 fully saturated rings. The van der Waals surface area contributed by atoms with E-state index >= 15 is 28.8 Å². The number of ether oxygens (including phenoxy) is 12. The molecule has 0 heterocycles. The Hall–Kier alpha value is -16.5. The van der Waals surface area contributed by atoms with Gasteiger partial charge in [0.15, 0.2) is 34.7 Å². The molecule has 0 saturated heterocycles. The van der Waals surface area contributed by atoms with Crippen molar-refractivity contribution >= 4 is 139 Å². The first kappa shape index (κ1) is 104. The topological polar surface area (TPSA) is 316 Å². The second-order valence-electron chi connectivity index (χ2n) is 31.0. The molecule has 0 N–H and O–H groups in total. The highest BCUT2D eigenvalue weighted by atomic mass is 16.6. The number of allylic oxidation sites excluding steroid dienone is 6. The van der Waals surface area contributed by atoms with Crippen LogP contribution in [0.2, 0.25) is 0 Å². The van der Waals surface area contributed by atoms with Gasteiger partial charge in [-0.3, -0.25) is 28.8 Å². The lowest BCUT2D eigenvalue weighted by Gasteiger charge is -2.18. The standard InChI is InChI=1S/C114H108O24/c1-7-109(121)133-67-19-13-61-127-85-43-25-79(26-44-85)37-55-103(115)97-73-91-92(74-98(97)104(116)56-38-80-27-45-86(46-28-80)128-62-14-20-68-134-110(122)8-2)94-76-100(106(118)58-40-82-31-49-88(50-32-82)130-64-16-22-70-136-112(124)10-4)102(108(120)60-42-84-35-53-90(54-36-84)132-66-18-24-72-138-114(126)12-6)78-96(94)95-77-101(107(119)59-41-83-33-51-89(52-34-83)131-65-17-23-71-137-113(125)11-5)99(75-93(91)95)105(117)57-39-81-29-47-87(48-30-81)129-63-15-21-69-135-111(123)9-3/h7-12,25-60,73-78H,1-6,13-24,61-72H2. The van der Waals surface area contributed by atoms with Gasteiger partial charge in [-0.25, -0.2) is 28.8 Å². The Morgan fingerprint density at radius 2 is 0.304 bits per heavy atom. The van der Waals surface area contributed by atoms with Gasteiger partial charge in [0.05, 0.1) is 79.3 Å². The van der Waals surface area contributed by atoms with Gasteiger partial charge in [0.2, 0.25) is 0 Å². The van der Waals surface area contributed by atoms with Crippen LogP contribution in [0.1, 0.15) is 173 Å². The number of benzene rings is 10. The Morgan fingerprint density at radius 1 is 0.181 bits per heavy atom. The Balaban J connectivity index is 1.15. The summed E-state index contributed by atoms with van der Waals surface area (Å²) in [6.45, 7) is 23.6. The quantitative estimate of drug-likeness (QED) is 0.00853. The van der Waals surface area contributed by atoms with Gasteiger partial charge in [-0.1, -0.05) is 149 Å². The van der Waals surface area contributed by atoms with Gasteiger partial charge >= 0.3 is 35.8 Å². The molecule has 0 saturated carbocycles. The van der Waals surface area contributed by atoms with Crippen LogP contribution in [-0.4, -0.2) is 150 Å². The van der Waals surface area contributed by atoms with E-state index < -0.39 is 70.5 Å². The number of hydrogen-bond acceptors (Lipinski definition) is 24. The first-order valence-electron chi connectivity index (χ1n) is 45.2. The molecule has 138 heavy (non-hydrogen) atoms. The van der Waals surface area contributed by atoms with Crippen LogP contribution in [0.3, 0.4) is 0 Å². The van der Waals surface area contributed by atoms with Crippen LogP contribution in [0.5, 0.6) is 34.5 Å². The largest absolute Gasteiger partial charge is 0.494 e. The van der Waals surface area contributed by atoms with Crippen LogP contribution in [-0.2, 0) is 57.2 Å². The van der Waals surface area contributed by atoms with Crippen molar-refractivity contribution in [3.05, 3.63) is 361 Å². The number of rotatable bonds is 60. The molecule has 24 nitrogen and oxygen atoms in total. The average Bonchev–Trinajstić information content (AvgIpc) is 0.715. The summed E-state index contributed by atoms with van der Waals surface area (Å²) in [5.41, 5.74) is 2.86. The minimum absolute atomic E-state index is 0.0986. The molecule has 0 spiro atoms. The summed E-state index contributed by atoms with van der Waals surface area (Å²) in [4.78, 5) is 163. The molecule has 10 aromatic rings. The number of esters is 6. The van der Waals surface area contributed by atoms with Crippen molar-refractivity contribution in [2.24, 2.45) is 0 Å². The number of carbonyl (C=O) groups excluding carboxylic acids is 12. The van der Waals surface area contributed by atoms with Crippen molar-refractivity contribution in [2.45, 2.75) is 77.0 Å². The van der Waals surface area contributed by atoms with E-state index in [4.69, 9.17) is 56.8 Å². The monoisotopic (exact) mass is 1860 g/mol. The zero-order chi connectivity index (χ0) is 98.2. The number of fused-ring (bicyclic) bond motifs is 6. The molecule has 0 aliphatic rings. The summed E-state index contributed by atoms with van der Waals surface area (Å²) in [6.07, 6.45) is 30.7. The lowest BCUT2D eigenvalue weighted by Crippen LogP contribution is -2.09. The van der Waals surface area contributed by atoms with Crippen molar-refractivity contribution < 1.29 is 114 Å². The SMILES string of the molecule is C=CC(=O)OCCCCOc1ccc(C=CC(=O)c2cc3c4cc(C(=O)C=Cc5ccc(OCCCCOC(=O)C=C)cc5)c(C(=O)C=Cc5ccc(OCCCCOC(=O)C=C)cc5)cc4c4cc(C(=O)C=Cc5ccc(OCCCCOC(=O)C=C)cc5)c(C(=O)C=Cc5ccc(OCCCCOC(=O)C=C)cc5)cc4c3cc2C(=O)C=Cc2ccc(OCCCCOC(=O)C=C)cc2)cc1. The molecule has 10 aromatic carbocycles. The fraction of sp³-hybridized carbons (Fsp3) is 0.211. The fourth-order valence-corrected chi connectivity index (χ4v) is 13.7. The van der Waals surface area contributed by atoms with Crippen molar-refractivity contribution in [1.29, 1.82) is 0 Å². The van der Waals surface area contributed by atoms with E-state index in [0.29, 0.717) is 185 Å². The van der Waals surface area contributed by atoms with E-state index in [2.05, 4.69) is 39.5 Å². The number of hydrogen-bond donors (Lipinski definition) is 0. The zero-order valence-electron chi connectivity index (χ0n) is 76.7. The third-order valence-electron chi connectivity index (χ3n) is 21.1. The summed E-state index contributed by atoms with van der Waals surface area (Å²) in [5, 5.41) is 1.64. The maximum atomic E-state index is 15.6. The fourth-order valence-electron chi connectivity index (χ4n) is 13.7. The van der Waals surface area contributed by atoms with Crippen LogP contribution in [0.4, 0.5) is 0 Å². The molecule has 0 aliphatic carbocycles. The molecule has 0 unspecified atom stereocenters. The molecule has 24 heteroatoms. The summed E-state index contributed by atoms with van der Waals surface area (Å²) in [5.74, 6) is -3.78. The maximum absolute atomic E-state index is 15.6. The summed E-state index contributed by atoms with van der Waals surface area (Å²) in [7, 11) is 0. The van der Waals surface area contributed by atoms with Crippen LogP contribution >= 0.6 is 0 Å². The zero-order valence-corrected chi connectivity index (χ0v) is 76.7. The lowest BCUT2D eigenvalue weighted by molar-refractivity contribution is -0.138. The van der Waals surface area contributed by atoms with E-state index in [1.807, 2.05) is 0 Å². The van der Waals surface area contributed by atoms with Gasteiger partial charge in [0.25, 0.3) is 0 Å². The smallest absolute Gasteiger partial charge is 0.330 e. The Labute approximate surface area is 801 Å². The highest BCUT2D eigenvalue weighted by Gasteiger charge is 2.26. The van der Waals surface area contributed by atoms with E-state index in [1.165, 1.54) is 36.5 Å². The third kappa shape index (κ3) is 33.6. The summed E-state index contributed by atoms with van der Waals surface area (Å²) < 4.78 is 66.5. The molecule has 10 rings (SSSR count). The Kier molecular flexibility index (Phi) is 41.9. The second kappa shape index (κ2) is 55.9. The molecule has 0 bridgehead atoms. The van der Waals surface area contributed by atoms with E-state index in [-0.39, 0.29) is 105 Å². The third-order valence-corrected chi connectivity index (χ3v) is 21.1. The summed E-state index contributed by atoms with van der Waals surface area (Å²) >= 11 is 0. The van der Waals surface area contributed by atoms with Gasteiger partial charge in [-0.05, 0) is 288 Å². The lowest BCUT2D eigenvalue weighted by atomic mass is 9.84. The molecular weight excluding hydrogens is 1750 g/mol. The highest BCUT2D eigenvalue weighted by Crippen LogP contribution is 2.41. The maximum Gasteiger partial charge on any atom is 0.330 e. The normalized spacial score (nSPS) is 11.2. The molecular formula is C114H108O24. The predicted molar refractivity (Wildman–Crippen MR) is 533 cm³/mol. The van der Waals surface area contributed by atoms with Gasteiger partial charge < -0.3 is 56.8 Å². The minimum atomic E-state index is -0.637. The number of ketones is 6. The average molecular weight is 1860 g/mol. The van der Waals surface area contributed by atoms with E-state index in [1.54, 1.807) is 218 Å².